The molecule has 1 aromatic carbocycles. The van der Waals surface area contributed by atoms with Crippen LogP contribution >= 0.6 is 0 Å². The van der Waals surface area contributed by atoms with Crippen LogP contribution < -0.4 is 5.32 Å². The van der Waals surface area contributed by atoms with E-state index in [1.54, 1.807) is 0 Å². The fraction of sp³-hybridized carbons (Fsp3) is 0.400. The number of carbonyl (C=O) groups is 1. The van der Waals surface area contributed by atoms with E-state index in [0.717, 1.165) is 11.1 Å². The van der Waals surface area contributed by atoms with Gasteiger partial charge in [-0.3, -0.25) is 4.79 Å². The molecule has 8 heteroatoms. The van der Waals surface area contributed by atoms with Gasteiger partial charge in [0.05, 0.1) is 0 Å². The Labute approximate surface area is 130 Å². The van der Waals surface area contributed by atoms with Gasteiger partial charge in [-0.25, -0.2) is 8.78 Å². The molecule has 2 aromatic rings. The van der Waals surface area contributed by atoms with Crippen molar-refractivity contribution < 1.29 is 23.1 Å². The number of rotatable bonds is 6. The average molecular weight is 323 g/mol. The van der Waals surface area contributed by atoms with Gasteiger partial charge in [0, 0.05) is 18.9 Å². The minimum Gasteiger partial charge on any atom is -0.481 e. The van der Waals surface area contributed by atoms with Gasteiger partial charge in [0.15, 0.2) is 11.6 Å². The number of hydrogen-bond acceptors (Lipinski definition) is 5. The van der Waals surface area contributed by atoms with Crippen LogP contribution in [0.25, 0.3) is 0 Å². The first kappa shape index (κ1) is 15.4. The number of halogens is 2. The molecule has 0 fully saturated rings. The van der Waals surface area contributed by atoms with Crippen molar-refractivity contribution in [2.75, 3.05) is 5.32 Å². The highest BCUT2D eigenvalue weighted by Gasteiger charge is 2.24. The van der Waals surface area contributed by atoms with Crippen molar-refractivity contribution in [2.45, 2.75) is 38.1 Å². The minimum atomic E-state index is -0.869. The van der Waals surface area contributed by atoms with Crippen molar-refractivity contribution in [3.63, 3.8) is 0 Å². The molecule has 6 nitrogen and oxygen atoms in total. The number of fused-ring (bicyclic) bond motifs is 1. The Kier molecular flexibility index (Phi) is 4.22. The molecule has 2 N–H and O–H groups in total. The Morgan fingerprint density at radius 1 is 1.26 bits per heavy atom. The third-order valence-corrected chi connectivity index (χ3v) is 3.75. The number of nitrogens with one attached hydrogen (secondary N) is 1. The van der Waals surface area contributed by atoms with E-state index < -0.39 is 17.6 Å². The fourth-order valence-electron chi connectivity index (χ4n) is 2.69. The SMILES string of the molecule is O=C(O)CCCc1nnc(NC2Cc3cc(F)c(F)cc3C2)o1. The molecule has 0 bridgehead atoms. The lowest BCUT2D eigenvalue weighted by atomic mass is 10.1. The summed E-state index contributed by atoms with van der Waals surface area (Å²) in [6.07, 6.45) is 1.94. The van der Waals surface area contributed by atoms with Crippen molar-refractivity contribution in [3.8, 4) is 0 Å². The topological polar surface area (TPSA) is 88.2 Å². The number of aliphatic carboxylic acids is 1. The van der Waals surface area contributed by atoms with Crippen molar-refractivity contribution in [1.29, 1.82) is 0 Å². The summed E-state index contributed by atoms with van der Waals surface area (Å²) in [6, 6.07) is 2.60. The molecule has 0 unspecified atom stereocenters. The van der Waals surface area contributed by atoms with Crippen molar-refractivity contribution in [3.05, 3.63) is 40.8 Å². The summed E-state index contributed by atoms with van der Waals surface area (Å²) in [5.74, 6) is -2.20. The van der Waals surface area contributed by atoms with Gasteiger partial charge in [-0.05, 0) is 42.5 Å². The standard InChI is InChI=1S/C15H15F2N3O3/c16-11-6-8-4-10(5-9(8)7-12(11)17)18-15-20-19-13(23-15)2-1-3-14(21)22/h6-7,10H,1-5H2,(H,18,20)(H,21,22). The zero-order valence-electron chi connectivity index (χ0n) is 12.2. The molecule has 0 radical (unpaired) electrons. The van der Waals surface area contributed by atoms with E-state index >= 15 is 0 Å². The number of aromatic nitrogens is 2. The van der Waals surface area contributed by atoms with E-state index in [2.05, 4.69) is 15.5 Å². The van der Waals surface area contributed by atoms with Crippen LogP contribution in [0.5, 0.6) is 0 Å². The number of anilines is 1. The van der Waals surface area contributed by atoms with E-state index in [4.69, 9.17) is 9.52 Å². The van der Waals surface area contributed by atoms with Crippen molar-refractivity contribution >= 4 is 12.0 Å². The van der Waals surface area contributed by atoms with Gasteiger partial charge in [-0.1, -0.05) is 5.10 Å². The van der Waals surface area contributed by atoms with E-state index in [1.807, 2.05) is 0 Å². The Bertz CT molecular complexity index is 702. The van der Waals surface area contributed by atoms with Crippen LogP contribution in [0.2, 0.25) is 0 Å². The molecular weight excluding hydrogens is 308 g/mol. The first-order valence-corrected chi connectivity index (χ1v) is 7.29. The maximum atomic E-state index is 13.2. The van der Waals surface area contributed by atoms with Crippen molar-refractivity contribution in [1.82, 2.24) is 10.2 Å². The molecule has 1 heterocycles. The summed E-state index contributed by atoms with van der Waals surface area (Å²) in [5.41, 5.74) is 1.53. The highest BCUT2D eigenvalue weighted by atomic mass is 19.2. The van der Waals surface area contributed by atoms with Crippen LogP contribution in [0.4, 0.5) is 14.8 Å². The maximum absolute atomic E-state index is 13.2. The molecule has 23 heavy (non-hydrogen) atoms. The second-order valence-electron chi connectivity index (χ2n) is 5.53. The van der Waals surface area contributed by atoms with Gasteiger partial charge >= 0.3 is 12.0 Å². The van der Waals surface area contributed by atoms with E-state index in [0.29, 0.717) is 31.6 Å². The molecule has 3 rings (SSSR count). The summed E-state index contributed by atoms with van der Waals surface area (Å²) in [6.45, 7) is 0. The zero-order chi connectivity index (χ0) is 16.4. The molecule has 0 aliphatic heterocycles. The lowest BCUT2D eigenvalue weighted by Gasteiger charge is -2.08. The van der Waals surface area contributed by atoms with Gasteiger partial charge in [-0.2, -0.15) is 0 Å². The van der Waals surface area contributed by atoms with E-state index in [1.165, 1.54) is 12.1 Å². The van der Waals surface area contributed by atoms with E-state index in [-0.39, 0.29) is 18.5 Å². The molecule has 0 amide bonds. The number of carboxylic acid groups (broad SMARTS) is 1. The molecule has 0 spiro atoms. The Hall–Kier alpha value is -2.51. The lowest BCUT2D eigenvalue weighted by molar-refractivity contribution is -0.137. The summed E-state index contributed by atoms with van der Waals surface area (Å²) < 4.78 is 31.9. The first-order valence-electron chi connectivity index (χ1n) is 7.29. The van der Waals surface area contributed by atoms with Gasteiger partial charge in [0.2, 0.25) is 5.89 Å². The number of benzene rings is 1. The number of hydrogen-bond donors (Lipinski definition) is 2. The first-order chi connectivity index (χ1) is 11.0. The number of aryl methyl sites for hydroxylation is 1. The monoisotopic (exact) mass is 323 g/mol. The molecule has 0 saturated heterocycles. The zero-order valence-corrected chi connectivity index (χ0v) is 12.2. The van der Waals surface area contributed by atoms with Crippen LogP contribution in [0.3, 0.4) is 0 Å². The maximum Gasteiger partial charge on any atom is 0.315 e. The Morgan fingerprint density at radius 2 is 1.91 bits per heavy atom. The van der Waals surface area contributed by atoms with E-state index in [9.17, 15) is 13.6 Å². The van der Waals surface area contributed by atoms with Gasteiger partial charge in [0.1, 0.15) is 0 Å². The highest BCUT2D eigenvalue weighted by Crippen LogP contribution is 2.26. The molecule has 0 saturated carbocycles. The largest absolute Gasteiger partial charge is 0.481 e. The summed E-state index contributed by atoms with van der Waals surface area (Å²) >= 11 is 0. The van der Waals surface area contributed by atoms with Crippen LogP contribution in [0.15, 0.2) is 16.5 Å². The molecular formula is C15H15F2N3O3. The normalized spacial score (nSPS) is 14.0. The van der Waals surface area contributed by atoms with Gasteiger partial charge in [0.25, 0.3) is 0 Å². The number of carboxylic acids is 1. The second kappa shape index (κ2) is 6.31. The molecule has 1 aromatic heterocycles. The minimum absolute atomic E-state index is 0.0419. The third kappa shape index (κ3) is 3.64. The van der Waals surface area contributed by atoms with Crippen molar-refractivity contribution in [2.24, 2.45) is 0 Å². The second-order valence-corrected chi connectivity index (χ2v) is 5.53. The predicted octanol–water partition coefficient (Wildman–Crippen LogP) is 2.33. The van der Waals surface area contributed by atoms with Crippen LogP contribution in [0, 0.1) is 11.6 Å². The van der Waals surface area contributed by atoms with Crippen LogP contribution in [-0.4, -0.2) is 27.3 Å². The third-order valence-electron chi connectivity index (χ3n) is 3.75. The average Bonchev–Trinajstić information content (AvgIpc) is 3.06. The molecule has 1 aliphatic carbocycles. The highest BCUT2D eigenvalue weighted by molar-refractivity contribution is 5.66. The Morgan fingerprint density at radius 3 is 2.52 bits per heavy atom. The van der Waals surface area contributed by atoms with Gasteiger partial charge < -0.3 is 14.8 Å². The molecule has 0 atom stereocenters. The summed E-state index contributed by atoms with van der Waals surface area (Å²) in [4.78, 5) is 10.4. The lowest BCUT2D eigenvalue weighted by Crippen LogP contribution is -2.19. The fourth-order valence-corrected chi connectivity index (χ4v) is 2.69. The number of nitrogens with zero attached hydrogens (tertiary/aromatic N) is 2. The Balaban J connectivity index is 1.57. The van der Waals surface area contributed by atoms with Gasteiger partial charge in [-0.15, -0.1) is 5.10 Å². The molecule has 122 valence electrons. The summed E-state index contributed by atoms with van der Waals surface area (Å²) in [7, 11) is 0. The van der Waals surface area contributed by atoms with Crippen LogP contribution in [0.1, 0.15) is 29.9 Å². The molecule has 1 aliphatic rings. The quantitative estimate of drug-likeness (QED) is 0.848. The summed E-state index contributed by atoms with van der Waals surface area (Å²) in [5, 5.41) is 19.3. The smallest absolute Gasteiger partial charge is 0.315 e. The van der Waals surface area contributed by atoms with Crippen LogP contribution in [-0.2, 0) is 24.1 Å². The predicted molar refractivity (Wildman–Crippen MR) is 76.0 cm³/mol.